The van der Waals surface area contributed by atoms with Gasteiger partial charge in [-0.05, 0) is 19.3 Å². The normalized spacial score (nSPS) is 17.6. The molecule has 0 spiro atoms. The molecule has 8 nitrogen and oxygen atoms in total. The Bertz CT molecular complexity index is 825. The van der Waals surface area contributed by atoms with E-state index >= 15 is 0 Å². The molecule has 3 heterocycles. The van der Waals surface area contributed by atoms with E-state index in [-0.39, 0.29) is 17.5 Å². The van der Waals surface area contributed by atoms with Gasteiger partial charge in [0.2, 0.25) is 0 Å². The van der Waals surface area contributed by atoms with E-state index in [0.717, 1.165) is 25.1 Å². The van der Waals surface area contributed by atoms with Crippen LogP contribution in [-0.2, 0) is 20.5 Å². The highest BCUT2D eigenvalue weighted by Gasteiger charge is 2.25. The zero-order chi connectivity index (χ0) is 18.0. The van der Waals surface area contributed by atoms with Crippen LogP contribution in [0.1, 0.15) is 35.8 Å². The van der Waals surface area contributed by atoms with Crippen LogP contribution in [0.15, 0.2) is 23.4 Å². The Morgan fingerprint density at radius 1 is 1.40 bits per heavy atom. The Morgan fingerprint density at radius 3 is 2.96 bits per heavy atom. The van der Waals surface area contributed by atoms with Crippen molar-refractivity contribution in [3.8, 4) is 0 Å². The summed E-state index contributed by atoms with van der Waals surface area (Å²) in [6.07, 6.45) is 7.52. The summed E-state index contributed by atoms with van der Waals surface area (Å²) >= 11 is 0. The molecule has 1 atom stereocenters. The summed E-state index contributed by atoms with van der Waals surface area (Å²) in [5, 5.41) is 7.40. The number of carbonyl (C=O) groups excluding carboxylic acids is 1. The van der Waals surface area contributed by atoms with Gasteiger partial charge in [-0.15, -0.1) is 0 Å². The third-order valence-corrected chi connectivity index (χ3v) is 4.54. The number of rotatable bonds is 4. The number of anilines is 1. The molecule has 8 heteroatoms. The van der Waals surface area contributed by atoms with E-state index in [9.17, 15) is 9.59 Å². The Labute approximate surface area is 146 Å². The molecule has 134 valence electrons. The Hall–Kier alpha value is -2.64. The average Bonchev–Trinajstić information content (AvgIpc) is 2.99. The fourth-order valence-electron chi connectivity index (χ4n) is 3.24. The van der Waals surface area contributed by atoms with Crippen molar-refractivity contribution in [2.75, 3.05) is 18.0 Å². The highest BCUT2D eigenvalue weighted by molar-refractivity contribution is 5.95. The molecule has 0 aliphatic carbocycles. The summed E-state index contributed by atoms with van der Waals surface area (Å²) in [6, 6.07) is -0.0159. The average molecular weight is 344 g/mol. The second-order valence-electron chi connectivity index (χ2n) is 6.44. The van der Waals surface area contributed by atoms with Crippen LogP contribution in [0.4, 0.5) is 5.82 Å². The van der Waals surface area contributed by atoms with E-state index in [2.05, 4.69) is 15.4 Å². The lowest BCUT2D eigenvalue weighted by molar-refractivity contribution is 0.0932. The number of hydrogen-bond donors (Lipinski definition) is 1. The van der Waals surface area contributed by atoms with Gasteiger partial charge in [-0.3, -0.25) is 14.3 Å². The maximum atomic E-state index is 12.6. The SMILES string of the molecule is CCc1nn(C)cc1C(=O)N[C@H]1CCCN(c2nccn(C)c2=O)C1. The molecular formula is C17H24N6O2. The summed E-state index contributed by atoms with van der Waals surface area (Å²) in [5.74, 6) is 0.338. The molecule has 2 aromatic rings. The number of nitrogens with zero attached hydrogens (tertiary/aromatic N) is 5. The lowest BCUT2D eigenvalue weighted by Crippen LogP contribution is -2.49. The fraction of sp³-hybridized carbons (Fsp3) is 0.529. The zero-order valence-corrected chi connectivity index (χ0v) is 14.9. The first-order valence-corrected chi connectivity index (χ1v) is 8.59. The first-order valence-electron chi connectivity index (χ1n) is 8.59. The predicted molar refractivity (Wildman–Crippen MR) is 94.8 cm³/mol. The second kappa shape index (κ2) is 7.08. The number of aromatic nitrogens is 4. The molecule has 3 rings (SSSR count). The van der Waals surface area contributed by atoms with Crippen molar-refractivity contribution >= 4 is 11.7 Å². The van der Waals surface area contributed by atoms with Gasteiger partial charge in [-0.1, -0.05) is 6.92 Å². The van der Waals surface area contributed by atoms with Gasteiger partial charge in [0.1, 0.15) is 0 Å². The largest absolute Gasteiger partial charge is 0.350 e. The van der Waals surface area contributed by atoms with Gasteiger partial charge in [0.05, 0.1) is 11.3 Å². The highest BCUT2D eigenvalue weighted by Crippen LogP contribution is 2.16. The van der Waals surface area contributed by atoms with E-state index in [0.29, 0.717) is 24.3 Å². The number of hydrogen-bond acceptors (Lipinski definition) is 5. The molecule has 1 aliphatic rings. The summed E-state index contributed by atoms with van der Waals surface area (Å²) in [7, 11) is 3.53. The third kappa shape index (κ3) is 3.57. The summed E-state index contributed by atoms with van der Waals surface area (Å²) in [5.41, 5.74) is 1.30. The van der Waals surface area contributed by atoms with Gasteiger partial charge < -0.3 is 14.8 Å². The van der Waals surface area contributed by atoms with Crippen LogP contribution in [0.2, 0.25) is 0 Å². The van der Waals surface area contributed by atoms with Gasteiger partial charge in [0.15, 0.2) is 5.82 Å². The van der Waals surface area contributed by atoms with Crippen LogP contribution in [0.3, 0.4) is 0 Å². The molecule has 1 N–H and O–H groups in total. The molecule has 1 saturated heterocycles. The number of piperidine rings is 1. The molecule has 0 radical (unpaired) electrons. The first kappa shape index (κ1) is 17.2. The maximum absolute atomic E-state index is 12.6. The van der Waals surface area contributed by atoms with Crippen LogP contribution in [0.5, 0.6) is 0 Å². The summed E-state index contributed by atoms with van der Waals surface area (Å²) < 4.78 is 3.19. The Kier molecular flexibility index (Phi) is 4.87. The van der Waals surface area contributed by atoms with Crippen molar-refractivity contribution in [2.45, 2.75) is 32.2 Å². The molecule has 2 aromatic heterocycles. The molecule has 1 fully saturated rings. The Balaban J connectivity index is 1.72. The summed E-state index contributed by atoms with van der Waals surface area (Å²) in [4.78, 5) is 31.1. The van der Waals surface area contributed by atoms with Crippen molar-refractivity contribution < 1.29 is 4.79 Å². The number of nitrogens with one attached hydrogen (secondary N) is 1. The van der Waals surface area contributed by atoms with Crippen LogP contribution < -0.4 is 15.8 Å². The van der Waals surface area contributed by atoms with Gasteiger partial charge >= 0.3 is 0 Å². The quantitative estimate of drug-likeness (QED) is 0.872. The maximum Gasteiger partial charge on any atom is 0.293 e. The van der Waals surface area contributed by atoms with Crippen LogP contribution in [-0.4, -0.2) is 44.4 Å². The Morgan fingerprint density at radius 2 is 2.20 bits per heavy atom. The molecule has 0 bridgehead atoms. The molecule has 0 unspecified atom stereocenters. The monoisotopic (exact) mass is 344 g/mol. The summed E-state index contributed by atoms with van der Waals surface area (Å²) in [6.45, 7) is 3.34. The highest BCUT2D eigenvalue weighted by atomic mass is 16.2. The van der Waals surface area contributed by atoms with Crippen LogP contribution in [0, 0.1) is 0 Å². The predicted octanol–water partition coefficient (Wildman–Crippen LogP) is 0.475. The van der Waals surface area contributed by atoms with Crippen LogP contribution >= 0.6 is 0 Å². The molecule has 0 saturated carbocycles. The number of amides is 1. The molecule has 1 amide bonds. The fourth-order valence-corrected chi connectivity index (χ4v) is 3.24. The van der Waals surface area contributed by atoms with E-state index in [1.54, 1.807) is 30.3 Å². The minimum Gasteiger partial charge on any atom is -0.350 e. The van der Waals surface area contributed by atoms with Crippen molar-refractivity contribution in [2.24, 2.45) is 14.1 Å². The first-order chi connectivity index (χ1) is 12.0. The van der Waals surface area contributed by atoms with E-state index < -0.39 is 0 Å². The van der Waals surface area contributed by atoms with Gasteiger partial charge in [-0.2, -0.15) is 5.10 Å². The molecular weight excluding hydrogens is 320 g/mol. The van der Waals surface area contributed by atoms with Gasteiger partial charge in [0.25, 0.3) is 11.5 Å². The lowest BCUT2D eigenvalue weighted by atomic mass is 10.0. The topological polar surface area (TPSA) is 85.1 Å². The number of carbonyl (C=O) groups is 1. The second-order valence-corrected chi connectivity index (χ2v) is 6.44. The van der Waals surface area contributed by atoms with Crippen molar-refractivity contribution in [3.05, 3.63) is 40.2 Å². The smallest absolute Gasteiger partial charge is 0.293 e. The molecule has 25 heavy (non-hydrogen) atoms. The lowest BCUT2D eigenvalue weighted by Gasteiger charge is -2.33. The minimum atomic E-state index is -0.116. The van der Waals surface area contributed by atoms with E-state index in [1.807, 2.05) is 18.9 Å². The van der Waals surface area contributed by atoms with Crippen molar-refractivity contribution in [3.63, 3.8) is 0 Å². The van der Waals surface area contributed by atoms with Crippen molar-refractivity contribution in [1.82, 2.24) is 24.6 Å². The van der Waals surface area contributed by atoms with Gasteiger partial charge in [0, 0.05) is 51.8 Å². The standard InChI is InChI=1S/C17H24N6O2/c1-4-14-13(11-22(3)20-14)16(24)19-12-6-5-8-23(10-12)15-17(25)21(2)9-7-18-15/h7,9,11-12H,4-6,8,10H2,1-3H3,(H,19,24)/t12-/m0/s1. The zero-order valence-electron chi connectivity index (χ0n) is 14.9. The van der Waals surface area contributed by atoms with Gasteiger partial charge in [-0.25, -0.2) is 4.98 Å². The van der Waals surface area contributed by atoms with E-state index in [4.69, 9.17) is 0 Å². The van der Waals surface area contributed by atoms with Crippen molar-refractivity contribution in [1.29, 1.82) is 0 Å². The van der Waals surface area contributed by atoms with Crippen LogP contribution in [0.25, 0.3) is 0 Å². The minimum absolute atomic E-state index is 0.0159. The molecule has 1 aliphatic heterocycles. The van der Waals surface area contributed by atoms with E-state index in [1.165, 1.54) is 4.57 Å². The number of aryl methyl sites for hydroxylation is 3. The molecule has 0 aromatic carbocycles. The third-order valence-electron chi connectivity index (χ3n) is 4.54.